The smallest absolute Gasteiger partial charge is 0.321 e. The van der Waals surface area contributed by atoms with Gasteiger partial charge in [0.05, 0.1) is 0 Å². The minimum atomic E-state index is -0.0464. The number of rotatable bonds is 5. The van der Waals surface area contributed by atoms with Crippen LogP contribution in [0.1, 0.15) is 25.8 Å². The van der Waals surface area contributed by atoms with E-state index >= 15 is 0 Å². The molecule has 0 bridgehead atoms. The lowest BCUT2D eigenvalue weighted by Crippen LogP contribution is -2.40. The van der Waals surface area contributed by atoms with E-state index in [-0.39, 0.29) is 6.03 Å². The van der Waals surface area contributed by atoms with Crippen LogP contribution in [-0.2, 0) is 6.54 Å². The Balaban J connectivity index is 2.74. The Morgan fingerprint density at radius 3 is 2.41 bits per heavy atom. The fourth-order valence-electron chi connectivity index (χ4n) is 1.58. The van der Waals surface area contributed by atoms with Crippen LogP contribution in [0.3, 0.4) is 0 Å². The van der Waals surface area contributed by atoms with Crippen LogP contribution in [0, 0.1) is 0 Å². The highest BCUT2D eigenvalue weighted by Gasteiger charge is 2.12. The van der Waals surface area contributed by atoms with Crippen molar-refractivity contribution >= 4 is 11.7 Å². The molecule has 0 aliphatic rings. The van der Waals surface area contributed by atoms with Crippen LogP contribution in [0.4, 0.5) is 10.5 Å². The van der Waals surface area contributed by atoms with E-state index in [9.17, 15) is 4.79 Å². The van der Waals surface area contributed by atoms with Gasteiger partial charge in [-0.3, -0.25) is 4.90 Å². The number of nitrogens with one attached hydrogen (secondary N) is 1. The van der Waals surface area contributed by atoms with Gasteiger partial charge in [-0.15, -0.1) is 0 Å². The SMILES string of the molecule is CCCNC(=O)N(CC)c1ccc(CN)cc1. The molecule has 0 aliphatic heterocycles. The van der Waals surface area contributed by atoms with Crippen LogP contribution in [0.15, 0.2) is 24.3 Å². The van der Waals surface area contributed by atoms with E-state index in [4.69, 9.17) is 5.73 Å². The molecule has 0 atom stereocenters. The molecule has 3 N–H and O–H groups in total. The standard InChI is InChI=1S/C13H21N3O/c1-3-9-15-13(17)16(4-2)12-7-5-11(10-14)6-8-12/h5-8H,3-4,9-10,14H2,1-2H3,(H,15,17). The first-order valence-electron chi connectivity index (χ1n) is 6.07. The average Bonchev–Trinajstić information content (AvgIpc) is 2.38. The zero-order valence-corrected chi connectivity index (χ0v) is 10.6. The Morgan fingerprint density at radius 1 is 1.29 bits per heavy atom. The van der Waals surface area contributed by atoms with Crippen LogP contribution in [0.25, 0.3) is 0 Å². The van der Waals surface area contributed by atoms with E-state index < -0.39 is 0 Å². The Kier molecular flexibility index (Phi) is 5.49. The monoisotopic (exact) mass is 235 g/mol. The highest BCUT2D eigenvalue weighted by molar-refractivity contribution is 5.91. The van der Waals surface area contributed by atoms with Gasteiger partial charge in [-0.05, 0) is 31.0 Å². The molecule has 4 nitrogen and oxygen atoms in total. The molecule has 0 saturated carbocycles. The van der Waals surface area contributed by atoms with E-state index in [1.54, 1.807) is 4.90 Å². The Labute approximate surface area is 103 Å². The molecular weight excluding hydrogens is 214 g/mol. The number of nitrogens with zero attached hydrogens (tertiary/aromatic N) is 1. The second kappa shape index (κ2) is 6.91. The zero-order valence-electron chi connectivity index (χ0n) is 10.6. The Hall–Kier alpha value is -1.55. The van der Waals surface area contributed by atoms with Gasteiger partial charge >= 0.3 is 6.03 Å². The molecule has 0 aromatic heterocycles. The van der Waals surface area contributed by atoms with Gasteiger partial charge < -0.3 is 11.1 Å². The third kappa shape index (κ3) is 3.75. The van der Waals surface area contributed by atoms with E-state index in [1.165, 1.54) is 0 Å². The lowest BCUT2D eigenvalue weighted by atomic mass is 10.2. The number of urea groups is 1. The normalized spacial score (nSPS) is 10.1. The number of nitrogens with two attached hydrogens (primary N) is 1. The number of carbonyl (C=O) groups excluding carboxylic acids is 1. The number of hydrogen-bond acceptors (Lipinski definition) is 2. The van der Waals surface area contributed by atoms with Crippen molar-refractivity contribution in [3.05, 3.63) is 29.8 Å². The van der Waals surface area contributed by atoms with Crippen molar-refractivity contribution in [3.8, 4) is 0 Å². The van der Waals surface area contributed by atoms with E-state index in [1.807, 2.05) is 38.1 Å². The minimum absolute atomic E-state index is 0.0464. The summed E-state index contributed by atoms with van der Waals surface area (Å²) in [7, 11) is 0. The maximum atomic E-state index is 11.9. The quantitative estimate of drug-likeness (QED) is 0.821. The topological polar surface area (TPSA) is 58.4 Å². The van der Waals surface area contributed by atoms with Crippen molar-refractivity contribution in [3.63, 3.8) is 0 Å². The summed E-state index contributed by atoms with van der Waals surface area (Å²) < 4.78 is 0. The summed E-state index contributed by atoms with van der Waals surface area (Å²) in [6.07, 6.45) is 0.940. The maximum absolute atomic E-state index is 11.9. The summed E-state index contributed by atoms with van der Waals surface area (Å²) in [6.45, 7) is 5.87. The Morgan fingerprint density at radius 2 is 1.94 bits per heavy atom. The molecule has 0 saturated heterocycles. The van der Waals surface area contributed by atoms with Crippen molar-refractivity contribution in [2.45, 2.75) is 26.8 Å². The highest BCUT2D eigenvalue weighted by atomic mass is 16.2. The van der Waals surface area contributed by atoms with E-state index in [2.05, 4.69) is 5.32 Å². The first kappa shape index (κ1) is 13.5. The predicted octanol–water partition coefficient (Wildman–Crippen LogP) is 2.09. The van der Waals surface area contributed by atoms with E-state index in [0.29, 0.717) is 19.6 Å². The van der Waals surface area contributed by atoms with E-state index in [0.717, 1.165) is 17.7 Å². The second-order valence-electron chi connectivity index (χ2n) is 3.85. The molecule has 94 valence electrons. The Bertz CT molecular complexity index is 348. The van der Waals surface area contributed by atoms with Crippen molar-refractivity contribution in [2.24, 2.45) is 5.73 Å². The largest absolute Gasteiger partial charge is 0.338 e. The summed E-state index contributed by atoms with van der Waals surface area (Å²) in [4.78, 5) is 13.6. The van der Waals surface area contributed by atoms with Crippen LogP contribution in [-0.4, -0.2) is 19.1 Å². The van der Waals surface area contributed by atoms with Crippen molar-refractivity contribution in [2.75, 3.05) is 18.0 Å². The van der Waals surface area contributed by atoms with Crippen LogP contribution in [0.5, 0.6) is 0 Å². The maximum Gasteiger partial charge on any atom is 0.321 e. The molecule has 0 fully saturated rings. The molecule has 4 heteroatoms. The van der Waals surface area contributed by atoms with Crippen LogP contribution in [0.2, 0.25) is 0 Å². The zero-order chi connectivity index (χ0) is 12.7. The van der Waals surface area contributed by atoms with Crippen molar-refractivity contribution < 1.29 is 4.79 Å². The van der Waals surface area contributed by atoms with Gasteiger partial charge in [0, 0.05) is 25.3 Å². The third-order valence-corrected chi connectivity index (χ3v) is 2.57. The summed E-state index contributed by atoms with van der Waals surface area (Å²) >= 11 is 0. The van der Waals surface area contributed by atoms with Crippen LogP contribution < -0.4 is 16.0 Å². The lowest BCUT2D eigenvalue weighted by Gasteiger charge is -2.21. The third-order valence-electron chi connectivity index (χ3n) is 2.57. The lowest BCUT2D eigenvalue weighted by molar-refractivity contribution is 0.246. The van der Waals surface area contributed by atoms with Gasteiger partial charge in [0.2, 0.25) is 0 Å². The number of carbonyl (C=O) groups is 1. The molecule has 0 heterocycles. The van der Waals surface area contributed by atoms with Gasteiger partial charge in [-0.1, -0.05) is 19.1 Å². The summed E-state index contributed by atoms with van der Waals surface area (Å²) in [5.41, 5.74) is 7.51. The number of hydrogen-bond donors (Lipinski definition) is 2. The first-order chi connectivity index (χ1) is 8.22. The van der Waals surface area contributed by atoms with Crippen molar-refractivity contribution in [1.29, 1.82) is 0 Å². The highest BCUT2D eigenvalue weighted by Crippen LogP contribution is 2.15. The van der Waals surface area contributed by atoms with Gasteiger partial charge in [0.25, 0.3) is 0 Å². The fourth-order valence-corrected chi connectivity index (χ4v) is 1.58. The molecule has 1 aromatic carbocycles. The van der Waals surface area contributed by atoms with Gasteiger partial charge in [0.1, 0.15) is 0 Å². The molecule has 2 amide bonds. The molecule has 17 heavy (non-hydrogen) atoms. The fraction of sp³-hybridized carbons (Fsp3) is 0.462. The first-order valence-corrected chi connectivity index (χ1v) is 6.07. The molecule has 1 aromatic rings. The minimum Gasteiger partial charge on any atom is -0.338 e. The summed E-state index contributed by atoms with van der Waals surface area (Å²) in [5.74, 6) is 0. The molecule has 1 rings (SSSR count). The molecule has 0 spiro atoms. The number of anilines is 1. The van der Waals surface area contributed by atoms with Crippen molar-refractivity contribution in [1.82, 2.24) is 5.32 Å². The molecular formula is C13H21N3O. The van der Waals surface area contributed by atoms with Gasteiger partial charge in [-0.2, -0.15) is 0 Å². The summed E-state index contributed by atoms with van der Waals surface area (Å²) in [5, 5.41) is 2.87. The van der Waals surface area contributed by atoms with Crippen LogP contribution >= 0.6 is 0 Å². The number of amides is 2. The molecule has 0 radical (unpaired) electrons. The predicted molar refractivity (Wildman–Crippen MR) is 71.0 cm³/mol. The molecule has 0 unspecified atom stereocenters. The van der Waals surface area contributed by atoms with Gasteiger partial charge in [-0.25, -0.2) is 4.79 Å². The molecule has 0 aliphatic carbocycles. The average molecular weight is 235 g/mol. The van der Waals surface area contributed by atoms with Gasteiger partial charge in [0.15, 0.2) is 0 Å². The number of benzene rings is 1. The summed E-state index contributed by atoms with van der Waals surface area (Å²) in [6, 6.07) is 7.71. The second-order valence-corrected chi connectivity index (χ2v) is 3.85.